The van der Waals surface area contributed by atoms with Gasteiger partial charge in [-0.05, 0) is 48.2 Å². The van der Waals surface area contributed by atoms with Crippen LogP contribution in [-0.4, -0.2) is 39.0 Å². The van der Waals surface area contributed by atoms with E-state index in [1.165, 1.54) is 43.7 Å². The van der Waals surface area contributed by atoms with Crippen LogP contribution in [0, 0.1) is 0 Å². The van der Waals surface area contributed by atoms with E-state index in [1.807, 2.05) is 6.20 Å². The van der Waals surface area contributed by atoms with Crippen molar-refractivity contribution in [2.75, 3.05) is 0 Å². The molecule has 48 heavy (non-hydrogen) atoms. The van der Waals surface area contributed by atoms with Crippen LogP contribution in [0.2, 0.25) is 0 Å². The Kier molecular flexibility index (Phi) is 5.66. The molecule has 0 aliphatic carbocycles. The molecule has 5 aromatic carbocycles. The van der Waals surface area contributed by atoms with Crippen molar-refractivity contribution in [2.24, 2.45) is 0 Å². The van der Waals surface area contributed by atoms with E-state index in [0.717, 1.165) is 35.4 Å². The van der Waals surface area contributed by atoms with Crippen LogP contribution in [-0.2, 0) is 12.8 Å². The molecule has 0 aliphatic heterocycles. The number of para-hydroxylation sites is 3. The first-order valence-corrected chi connectivity index (χ1v) is 16.3. The third-order valence-corrected chi connectivity index (χ3v) is 9.68. The van der Waals surface area contributed by atoms with Crippen molar-refractivity contribution in [3.8, 4) is 11.5 Å². The molecule has 0 unspecified atom stereocenters. The first kappa shape index (κ1) is 26.9. The summed E-state index contributed by atoms with van der Waals surface area (Å²) in [5, 5.41) is 4.89. The maximum Gasteiger partial charge on any atom is 0.157 e. The summed E-state index contributed by atoms with van der Waals surface area (Å²) < 4.78 is 4.76. The van der Waals surface area contributed by atoms with Gasteiger partial charge in [-0.3, -0.25) is 24.5 Å². The summed E-state index contributed by atoms with van der Waals surface area (Å²) in [6.45, 7) is 4.45. The Morgan fingerprint density at radius 2 is 1.12 bits per heavy atom. The summed E-state index contributed by atoms with van der Waals surface area (Å²) in [6.07, 6.45) is 10.3. The number of rotatable bonds is 4. The molecule has 228 valence electrons. The van der Waals surface area contributed by atoms with E-state index in [2.05, 4.69) is 117 Å². The molecule has 0 atom stereocenters. The van der Waals surface area contributed by atoms with Gasteiger partial charge in [-0.25, -0.2) is 9.97 Å². The standard InChI is InChI=1S/C40H28N8/c1-3-23-11-10-15-27-31-39(24(4-2)21-28-26-14-8-9-16-29(26)47(40(28)31)25-12-6-5-7-13-25)48(38(23)27)30-22-45-36-34-32(41-17-18-43-34)33-35(37(36)46-30)44-20-19-42-33/h5-22H,3-4H2,1-2H3. The molecular formula is C40H28N8. The van der Waals surface area contributed by atoms with Crippen LogP contribution in [0.3, 0.4) is 0 Å². The Labute approximate surface area is 274 Å². The second-order valence-corrected chi connectivity index (χ2v) is 12.1. The largest absolute Gasteiger partial charge is 0.309 e. The highest BCUT2D eigenvalue weighted by Gasteiger charge is 2.25. The van der Waals surface area contributed by atoms with E-state index in [1.54, 1.807) is 24.8 Å². The quantitative estimate of drug-likeness (QED) is 0.183. The monoisotopic (exact) mass is 620 g/mol. The molecule has 0 fully saturated rings. The Morgan fingerprint density at radius 1 is 0.500 bits per heavy atom. The minimum Gasteiger partial charge on any atom is -0.309 e. The summed E-state index contributed by atoms with van der Waals surface area (Å²) in [5.41, 5.74) is 12.3. The molecule has 0 aliphatic rings. The maximum atomic E-state index is 5.37. The third kappa shape index (κ3) is 3.54. The fourth-order valence-electron chi connectivity index (χ4n) is 7.68. The normalized spacial score (nSPS) is 12.1. The molecule has 8 heteroatoms. The van der Waals surface area contributed by atoms with Crippen molar-refractivity contribution in [2.45, 2.75) is 26.7 Å². The van der Waals surface area contributed by atoms with Crippen molar-refractivity contribution in [1.29, 1.82) is 0 Å². The van der Waals surface area contributed by atoms with Crippen LogP contribution in [0.5, 0.6) is 0 Å². The van der Waals surface area contributed by atoms with Crippen LogP contribution in [0.15, 0.2) is 110 Å². The average Bonchev–Trinajstić information content (AvgIpc) is 3.68. The Morgan fingerprint density at radius 3 is 1.83 bits per heavy atom. The summed E-state index contributed by atoms with van der Waals surface area (Å²) in [7, 11) is 0. The smallest absolute Gasteiger partial charge is 0.157 e. The number of hydrogen-bond acceptors (Lipinski definition) is 6. The van der Waals surface area contributed by atoms with Crippen molar-refractivity contribution in [3.05, 3.63) is 121 Å². The van der Waals surface area contributed by atoms with E-state index < -0.39 is 0 Å². The first-order chi connectivity index (χ1) is 23.8. The number of nitrogens with zero attached hydrogens (tertiary/aromatic N) is 8. The average molecular weight is 621 g/mol. The maximum absolute atomic E-state index is 5.37. The number of aryl methyl sites for hydroxylation is 2. The van der Waals surface area contributed by atoms with Crippen LogP contribution in [0.4, 0.5) is 0 Å². The van der Waals surface area contributed by atoms with Gasteiger partial charge in [-0.1, -0.05) is 68.4 Å². The number of benzene rings is 5. The van der Waals surface area contributed by atoms with Gasteiger partial charge in [-0.2, -0.15) is 0 Å². The van der Waals surface area contributed by atoms with E-state index in [9.17, 15) is 0 Å². The molecular weight excluding hydrogens is 592 g/mol. The minimum absolute atomic E-state index is 0.658. The molecule has 5 heterocycles. The van der Waals surface area contributed by atoms with Crippen molar-refractivity contribution < 1.29 is 0 Å². The fourth-order valence-corrected chi connectivity index (χ4v) is 7.68. The second-order valence-electron chi connectivity index (χ2n) is 12.1. The van der Waals surface area contributed by atoms with Gasteiger partial charge < -0.3 is 4.57 Å². The van der Waals surface area contributed by atoms with E-state index >= 15 is 0 Å². The lowest BCUT2D eigenvalue weighted by atomic mass is 10.0. The van der Waals surface area contributed by atoms with Crippen LogP contribution in [0.25, 0.3) is 88.2 Å². The van der Waals surface area contributed by atoms with Crippen molar-refractivity contribution in [1.82, 2.24) is 39.0 Å². The molecule has 0 saturated heterocycles. The topological polar surface area (TPSA) is 87.2 Å². The molecule has 0 bridgehead atoms. The fraction of sp³-hybridized carbons (Fsp3) is 0.100. The van der Waals surface area contributed by atoms with E-state index in [4.69, 9.17) is 15.0 Å². The van der Waals surface area contributed by atoms with Gasteiger partial charge >= 0.3 is 0 Å². The lowest BCUT2D eigenvalue weighted by molar-refractivity contribution is 1.03. The van der Waals surface area contributed by atoms with Crippen LogP contribution < -0.4 is 0 Å². The Hall–Kier alpha value is -6.28. The van der Waals surface area contributed by atoms with Crippen molar-refractivity contribution >= 4 is 76.7 Å². The first-order valence-electron chi connectivity index (χ1n) is 16.3. The van der Waals surface area contributed by atoms with Gasteiger partial charge in [0.05, 0.1) is 28.3 Å². The lowest BCUT2D eigenvalue weighted by Crippen LogP contribution is -2.04. The number of hydrogen-bond donors (Lipinski definition) is 0. The Bertz CT molecular complexity index is 2890. The Balaban J connectivity index is 1.43. The van der Waals surface area contributed by atoms with Gasteiger partial charge in [0.25, 0.3) is 0 Å². The molecule has 8 nitrogen and oxygen atoms in total. The van der Waals surface area contributed by atoms with Crippen LogP contribution in [0.1, 0.15) is 25.0 Å². The van der Waals surface area contributed by atoms with Crippen LogP contribution >= 0.6 is 0 Å². The lowest BCUT2D eigenvalue weighted by Gasteiger charge is -2.14. The molecule has 0 radical (unpaired) electrons. The van der Waals surface area contributed by atoms with E-state index in [0.29, 0.717) is 33.1 Å². The third-order valence-electron chi connectivity index (χ3n) is 9.68. The predicted molar refractivity (Wildman–Crippen MR) is 193 cm³/mol. The molecule has 0 N–H and O–H groups in total. The van der Waals surface area contributed by atoms with Gasteiger partial charge in [0, 0.05) is 52.0 Å². The highest BCUT2D eigenvalue weighted by Crippen LogP contribution is 2.44. The van der Waals surface area contributed by atoms with Gasteiger partial charge in [0.1, 0.15) is 33.1 Å². The zero-order valence-corrected chi connectivity index (χ0v) is 26.4. The zero-order chi connectivity index (χ0) is 31.9. The zero-order valence-electron chi connectivity index (χ0n) is 26.4. The highest BCUT2D eigenvalue weighted by atomic mass is 15.1. The van der Waals surface area contributed by atoms with Gasteiger partial charge in [0.2, 0.25) is 0 Å². The van der Waals surface area contributed by atoms with Gasteiger partial charge in [-0.15, -0.1) is 0 Å². The van der Waals surface area contributed by atoms with Crippen molar-refractivity contribution in [3.63, 3.8) is 0 Å². The molecule has 10 rings (SSSR count). The van der Waals surface area contributed by atoms with E-state index in [-0.39, 0.29) is 0 Å². The summed E-state index contributed by atoms with van der Waals surface area (Å²) >= 11 is 0. The molecule has 0 amide bonds. The summed E-state index contributed by atoms with van der Waals surface area (Å²) in [4.78, 5) is 29.1. The summed E-state index contributed by atoms with van der Waals surface area (Å²) in [6, 6.07) is 28.5. The molecule has 5 aromatic heterocycles. The summed E-state index contributed by atoms with van der Waals surface area (Å²) in [5.74, 6) is 0.731. The minimum atomic E-state index is 0.658. The number of fused-ring (bicyclic) bond motifs is 13. The highest BCUT2D eigenvalue weighted by molar-refractivity contribution is 6.27. The number of aromatic nitrogens is 8. The van der Waals surface area contributed by atoms with Gasteiger partial charge in [0.15, 0.2) is 5.82 Å². The predicted octanol–water partition coefficient (Wildman–Crippen LogP) is 8.84. The molecule has 10 aromatic rings. The molecule has 0 saturated carbocycles. The second kappa shape index (κ2) is 10.1. The SMILES string of the molecule is CCc1cccc2c3c(c(CC)cc4c5ccccc5n(-c5ccccc5)c43)n(-c3cnc4c5nccnc5c5nccnc5c4n3)c12. The molecule has 0 spiro atoms.